The third-order valence-corrected chi connectivity index (χ3v) is 3.63. The second-order valence-electron chi connectivity index (χ2n) is 5.81. The monoisotopic (exact) mass is 276 g/mol. The summed E-state index contributed by atoms with van der Waals surface area (Å²) in [6, 6.07) is 9.41. The fourth-order valence-electron chi connectivity index (χ4n) is 2.42. The van der Waals surface area contributed by atoms with Crippen molar-refractivity contribution in [2.24, 2.45) is 5.41 Å². The SMILES string of the molecule is CC1(C)CC(=O)C(C(=O)Cc2ccccc2)=C(Cl)C1. The molecule has 0 aromatic heterocycles. The molecular formula is C16H17ClO2. The van der Waals surface area contributed by atoms with Gasteiger partial charge in [-0.15, -0.1) is 0 Å². The standard InChI is InChI=1S/C16H17ClO2/c1-16(2)9-12(17)15(14(19)10-16)13(18)8-11-6-4-3-5-7-11/h3-7H,8-10H2,1-2H3. The Kier molecular flexibility index (Phi) is 3.91. The third-order valence-electron chi connectivity index (χ3n) is 3.31. The maximum atomic E-state index is 12.2. The van der Waals surface area contributed by atoms with E-state index in [1.54, 1.807) is 0 Å². The highest BCUT2D eigenvalue weighted by molar-refractivity contribution is 6.37. The molecular weight excluding hydrogens is 260 g/mol. The van der Waals surface area contributed by atoms with Gasteiger partial charge in [0.05, 0.1) is 5.57 Å². The number of carbonyl (C=O) groups is 2. The van der Waals surface area contributed by atoms with Crippen molar-refractivity contribution in [3.8, 4) is 0 Å². The highest BCUT2D eigenvalue weighted by atomic mass is 35.5. The van der Waals surface area contributed by atoms with Gasteiger partial charge in [0.25, 0.3) is 0 Å². The quantitative estimate of drug-likeness (QED) is 0.789. The molecule has 1 aliphatic rings. The van der Waals surface area contributed by atoms with E-state index in [-0.39, 0.29) is 29.0 Å². The van der Waals surface area contributed by atoms with E-state index < -0.39 is 0 Å². The fourth-order valence-corrected chi connectivity index (χ4v) is 2.99. The lowest BCUT2D eigenvalue weighted by Crippen LogP contribution is -2.28. The second-order valence-corrected chi connectivity index (χ2v) is 6.26. The Balaban J connectivity index is 2.22. The minimum Gasteiger partial charge on any atom is -0.294 e. The Morgan fingerprint density at radius 3 is 2.42 bits per heavy atom. The Hall–Kier alpha value is -1.41. The van der Waals surface area contributed by atoms with Crippen molar-refractivity contribution in [1.82, 2.24) is 0 Å². The first kappa shape index (κ1) is 14.0. The van der Waals surface area contributed by atoms with E-state index in [2.05, 4.69) is 0 Å². The summed E-state index contributed by atoms with van der Waals surface area (Å²) in [5.74, 6) is -0.293. The van der Waals surface area contributed by atoms with Crippen LogP contribution in [0.4, 0.5) is 0 Å². The zero-order chi connectivity index (χ0) is 14.0. The largest absolute Gasteiger partial charge is 0.294 e. The van der Waals surface area contributed by atoms with Gasteiger partial charge in [-0.2, -0.15) is 0 Å². The zero-order valence-corrected chi connectivity index (χ0v) is 12.0. The average Bonchev–Trinajstić information content (AvgIpc) is 2.27. The maximum Gasteiger partial charge on any atom is 0.171 e. The van der Waals surface area contributed by atoms with Gasteiger partial charge < -0.3 is 0 Å². The first-order chi connectivity index (χ1) is 8.89. The average molecular weight is 277 g/mol. The van der Waals surface area contributed by atoms with Crippen LogP contribution < -0.4 is 0 Å². The number of rotatable bonds is 3. The first-order valence-corrected chi connectivity index (χ1v) is 6.76. The van der Waals surface area contributed by atoms with Gasteiger partial charge in [-0.1, -0.05) is 55.8 Å². The lowest BCUT2D eigenvalue weighted by Gasteiger charge is -2.29. The molecule has 2 nitrogen and oxygen atoms in total. The number of hydrogen-bond donors (Lipinski definition) is 0. The summed E-state index contributed by atoms with van der Waals surface area (Å²) >= 11 is 6.16. The molecule has 0 fully saturated rings. The highest BCUT2D eigenvalue weighted by Gasteiger charge is 2.34. The van der Waals surface area contributed by atoms with E-state index in [4.69, 9.17) is 11.6 Å². The molecule has 2 rings (SSSR count). The number of benzene rings is 1. The molecule has 100 valence electrons. The van der Waals surface area contributed by atoms with Crippen molar-refractivity contribution in [3.05, 3.63) is 46.5 Å². The summed E-state index contributed by atoms with van der Waals surface area (Å²) in [4.78, 5) is 24.3. The van der Waals surface area contributed by atoms with Crippen LogP contribution in [0.25, 0.3) is 0 Å². The van der Waals surface area contributed by atoms with Gasteiger partial charge in [0.1, 0.15) is 0 Å². The smallest absolute Gasteiger partial charge is 0.171 e. The summed E-state index contributed by atoms with van der Waals surface area (Å²) < 4.78 is 0. The lowest BCUT2D eigenvalue weighted by atomic mass is 9.76. The third kappa shape index (κ3) is 3.32. The predicted molar refractivity (Wildman–Crippen MR) is 76.1 cm³/mol. The van der Waals surface area contributed by atoms with Crippen molar-refractivity contribution in [2.75, 3.05) is 0 Å². The second kappa shape index (κ2) is 5.30. The van der Waals surface area contributed by atoms with Gasteiger partial charge in [-0.25, -0.2) is 0 Å². The maximum absolute atomic E-state index is 12.2. The molecule has 0 radical (unpaired) electrons. The normalized spacial score (nSPS) is 18.6. The number of carbonyl (C=O) groups excluding carboxylic acids is 2. The molecule has 3 heteroatoms. The summed E-state index contributed by atoms with van der Waals surface area (Å²) in [5, 5.41) is 0.419. The molecule has 0 heterocycles. The first-order valence-electron chi connectivity index (χ1n) is 6.38. The molecule has 0 saturated heterocycles. The Labute approximate surface area is 118 Å². The van der Waals surface area contributed by atoms with Crippen molar-refractivity contribution < 1.29 is 9.59 Å². The van der Waals surface area contributed by atoms with Crippen molar-refractivity contribution in [1.29, 1.82) is 0 Å². The Bertz CT molecular complexity index is 541. The molecule has 0 atom stereocenters. The molecule has 1 aliphatic carbocycles. The predicted octanol–water partition coefficient (Wildman–Crippen LogP) is 3.68. The van der Waals surface area contributed by atoms with E-state index in [1.807, 2.05) is 44.2 Å². The summed E-state index contributed by atoms with van der Waals surface area (Å²) in [5.41, 5.74) is 0.969. The van der Waals surface area contributed by atoms with E-state index >= 15 is 0 Å². The van der Waals surface area contributed by atoms with Crippen molar-refractivity contribution in [2.45, 2.75) is 33.1 Å². The minimum atomic E-state index is -0.170. The van der Waals surface area contributed by atoms with Gasteiger partial charge in [0.2, 0.25) is 0 Å². The fraction of sp³-hybridized carbons (Fsp3) is 0.375. The molecule has 0 aliphatic heterocycles. The van der Waals surface area contributed by atoms with Crippen LogP contribution in [-0.4, -0.2) is 11.6 Å². The van der Waals surface area contributed by atoms with Crippen LogP contribution in [0.1, 0.15) is 32.3 Å². The van der Waals surface area contributed by atoms with Crippen LogP contribution in [0.2, 0.25) is 0 Å². The van der Waals surface area contributed by atoms with Gasteiger partial charge in [0.15, 0.2) is 11.6 Å². The van der Waals surface area contributed by atoms with Crippen LogP contribution in [0, 0.1) is 5.41 Å². The van der Waals surface area contributed by atoms with E-state index in [0.29, 0.717) is 17.9 Å². The summed E-state index contributed by atoms with van der Waals surface area (Å²) in [7, 11) is 0. The number of ketones is 2. The van der Waals surface area contributed by atoms with Gasteiger partial charge >= 0.3 is 0 Å². The summed E-state index contributed by atoms with van der Waals surface area (Å²) in [6.45, 7) is 3.98. The van der Waals surface area contributed by atoms with Crippen molar-refractivity contribution in [3.63, 3.8) is 0 Å². The number of Topliss-reactive ketones (excluding diaryl/α,β-unsaturated/α-hetero) is 2. The van der Waals surface area contributed by atoms with Crippen LogP contribution in [0.15, 0.2) is 40.9 Å². The van der Waals surface area contributed by atoms with Crippen LogP contribution >= 0.6 is 11.6 Å². The molecule has 0 spiro atoms. The van der Waals surface area contributed by atoms with E-state index in [1.165, 1.54) is 0 Å². The Morgan fingerprint density at radius 1 is 1.21 bits per heavy atom. The van der Waals surface area contributed by atoms with E-state index in [9.17, 15) is 9.59 Å². The number of halogens is 1. The molecule has 0 bridgehead atoms. The van der Waals surface area contributed by atoms with Crippen LogP contribution in [-0.2, 0) is 16.0 Å². The Morgan fingerprint density at radius 2 is 1.84 bits per heavy atom. The molecule has 1 aromatic rings. The molecule has 0 N–H and O–H groups in total. The van der Waals surface area contributed by atoms with Crippen molar-refractivity contribution >= 4 is 23.2 Å². The topological polar surface area (TPSA) is 34.1 Å². The summed E-state index contributed by atoms with van der Waals surface area (Å²) in [6.07, 6.45) is 1.22. The van der Waals surface area contributed by atoms with Gasteiger partial charge in [-0.3, -0.25) is 9.59 Å². The minimum absolute atomic E-state index is 0.123. The van der Waals surface area contributed by atoms with Gasteiger partial charge in [0, 0.05) is 17.9 Å². The molecule has 0 amide bonds. The van der Waals surface area contributed by atoms with Gasteiger partial charge in [-0.05, 0) is 17.4 Å². The number of hydrogen-bond acceptors (Lipinski definition) is 2. The molecule has 19 heavy (non-hydrogen) atoms. The molecule has 0 unspecified atom stereocenters. The van der Waals surface area contributed by atoms with Crippen LogP contribution in [0.3, 0.4) is 0 Å². The highest BCUT2D eigenvalue weighted by Crippen LogP contribution is 2.38. The molecule has 0 saturated carbocycles. The van der Waals surface area contributed by atoms with Crippen LogP contribution in [0.5, 0.6) is 0 Å². The molecule has 1 aromatic carbocycles. The number of allylic oxidation sites excluding steroid dienone is 2. The van der Waals surface area contributed by atoms with E-state index in [0.717, 1.165) is 5.56 Å². The lowest BCUT2D eigenvalue weighted by molar-refractivity contribution is -0.122. The zero-order valence-electron chi connectivity index (χ0n) is 11.2.